The third-order valence-corrected chi connectivity index (χ3v) is 7.38. The summed E-state index contributed by atoms with van der Waals surface area (Å²) in [5, 5.41) is 0. The van der Waals surface area contributed by atoms with Gasteiger partial charge in [-0.25, -0.2) is 0 Å². The van der Waals surface area contributed by atoms with Gasteiger partial charge in [0.1, 0.15) is 6.10 Å². The van der Waals surface area contributed by atoms with Gasteiger partial charge in [-0.2, -0.15) is 0 Å². The molecule has 4 fully saturated rings. The summed E-state index contributed by atoms with van der Waals surface area (Å²) in [5.74, 6) is 0.757. The van der Waals surface area contributed by atoms with Crippen LogP contribution in [0.5, 0.6) is 0 Å². The van der Waals surface area contributed by atoms with Crippen molar-refractivity contribution in [2.75, 3.05) is 0 Å². The average Bonchev–Trinajstić information content (AvgIpc) is 3.10. The van der Waals surface area contributed by atoms with Gasteiger partial charge in [-0.1, -0.05) is 20.8 Å². The molecule has 0 amide bonds. The van der Waals surface area contributed by atoms with Crippen LogP contribution < -0.4 is 0 Å². The summed E-state index contributed by atoms with van der Waals surface area (Å²) in [6.45, 7) is 7.05. The van der Waals surface area contributed by atoms with Gasteiger partial charge in [-0.05, 0) is 49.9 Å². The quantitative estimate of drug-likeness (QED) is 0.727. The molecule has 2 saturated carbocycles. The normalized spacial score (nSPS) is 51.6. The predicted octanol–water partition coefficient (Wildman–Crippen LogP) is 3.31. The van der Waals surface area contributed by atoms with Crippen LogP contribution >= 0.6 is 0 Å². The van der Waals surface area contributed by atoms with Gasteiger partial charge in [0.05, 0.1) is 18.1 Å². The minimum absolute atomic E-state index is 0.0135. The van der Waals surface area contributed by atoms with Crippen LogP contribution in [0.3, 0.4) is 0 Å². The molecule has 4 bridgehead atoms. The molecule has 4 aliphatic rings. The van der Waals surface area contributed by atoms with E-state index in [1.807, 2.05) is 0 Å². The van der Waals surface area contributed by atoms with E-state index in [4.69, 9.17) is 9.47 Å². The zero-order valence-corrected chi connectivity index (χ0v) is 12.9. The Morgan fingerprint density at radius 1 is 1.15 bits per heavy atom. The molecule has 0 unspecified atom stereocenters. The second kappa shape index (κ2) is 4.00. The van der Waals surface area contributed by atoms with Crippen LogP contribution in [-0.2, 0) is 14.3 Å². The Morgan fingerprint density at radius 2 is 1.95 bits per heavy atom. The van der Waals surface area contributed by atoms with Crippen molar-refractivity contribution in [1.29, 1.82) is 0 Å². The van der Waals surface area contributed by atoms with Crippen LogP contribution in [0.2, 0.25) is 0 Å². The van der Waals surface area contributed by atoms with E-state index in [1.165, 1.54) is 12.8 Å². The SMILES string of the molecule is CC1(C)[C@H]2CC[C@@]1(C)[C@@H](OC(=O)[C@@H]1C[C@H]3CC[C@H]1O3)C2. The molecule has 0 aromatic carbocycles. The molecule has 2 aliphatic carbocycles. The fourth-order valence-corrected chi connectivity index (χ4v) is 5.42. The molecule has 20 heavy (non-hydrogen) atoms. The smallest absolute Gasteiger partial charge is 0.311 e. The zero-order chi connectivity index (χ0) is 14.1. The van der Waals surface area contributed by atoms with Crippen molar-refractivity contribution in [3.63, 3.8) is 0 Å². The van der Waals surface area contributed by atoms with Crippen LogP contribution in [0.1, 0.15) is 59.3 Å². The Hall–Kier alpha value is -0.570. The first-order valence-corrected chi connectivity index (χ1v) is 8.28. The molecule has 0 spiro atoms. The van der Waals surface area contributed by atoms with E-state index < -0.39 is 0 Å². The van der Waals surface area contributed by atoms with Crippen molar-refractivity contribution in [3.8, 4) is 0 Å². The lowest BCUT2D eigenvalue weighted by atomic mass is 9.70. The van der Waals surface area contributed by atoms with Crippen molar-refractivity contribution in [1.82, 2.24) is 0 Å². The summed E-state index contributed by atoms with van der Waals surface area (Å²) in [6, 6.07) is 0. The highest BCUT2D eigenvalue weighted by Gasteiger charge is 2.63. The van der Waals surface area contributed by atoms with E-state index in [0.29, 0.717) is 11.5 Å². The minimum atomic E-state index is 0.0135. The first-order chi connectivity index (χ1) is 9.42. The minimum Gasteiger partial charge on any atom is -0.461 e. The lowest BCUT2D eigenvalue weighted by Crippen LogP contribution is -2.40. The molecule has 2 heterocycles. The number of carbonyl (C=O) groups excluding carboxylic acids is 1. The maximum atomic E-state index is 12.5. The first-order valence-electron chi connectivity index (χ1n) is 8.28. The molecular formula is C17H26O3. The Morgan fingerprint density at radius 3 is 2.45 bits per heavy atom. The number of rotatable bonds is 2. The third-order valence-electron chi connectivity index (χ3n) is 7.38. The summed E-state index contributed by atoms with van der Waals surface area (Å²) in [4.78, 5) is 12.5. The number of hydrogen-bond donors (Lipinski definition) is 0. The standard InChI is InChI=1S/C17H26O3/c1-16(2)10-6-7-17(16,3)14(8-10)20-15(18)12-9-11-4-5-13(12)19-11/h10-14H,4-9H2,1-3H3/t10-,11+,12+,13+,14-,17-/m0/s1. The van der Waals surface area contributed by atoms with Crippen LogP contribution in [0.4, 0.5) is 0 Å². The number of fused-ring (bicyclic) bond motifs is 4. The van der Waals surface area contributed by atoms with Gasteiger partial charge in [0.15, 0.2) is 0 Å². The highest BCUT2D eigenvalue weighted by molar-refractivity contribution is 5.74. The molecule has 112 valence electrons. The molecular weight excluding hydrogens is 252 g/mol. The lowest BCUT2D eigenvalue weighted by molar-refractivity contribution is -0.163. The van der Waals surface area contributed by atoms with Crippen molar-refractivity contribution in [3.05, 3.63) is 0 Å². The van der Waals surface area contributed by atoms with E-state index in [1.54, 1.807) is 0 Å². The van der Waals surface area contributed by atoms with E-state index in [2.05, 4.69) is 20.8 Å². The Kier molecular flexibility index (Phi) is 2.62. The van der Waals surface area contributed by atoms with Gasteiger partial charge in [0, 0.05) is 5.41 Å². The van der Waals surface area contributed by atoms with Crippen molar-refractivity contribution in [2.45, 2.75) is 77.6 Å². The Labute approximate surface area is 121 Å². The fourth-order valence-electron chi connectivity index (χ4n) is 5.42. The van der Waals surface area contributed by atoms with Crippen LogP contribution in [0.15, 0.2) is 0 Å². The molecule has 2 aliphatic heterocycles. The Bertz CT molecular complexity index is 444. The molecule has 6 atom stereocenters. The molecule has 2 saturated heterocycles. The maximum Gasteiger partial charge on any atom is 0.311 e. The molecule has 0 N–H and O–H groups in total. The predicted molar refractivity (Wildman–Crippen MR) is 75.1 cm³/mol. The van der Waals surface area contributed by atoms with Crippen molar-refractivity contribution >= 4 is 5.97 Å². The fraction of sp³-hybridized carbons (Fsp3) is 0.941. The van der Waals surface area contributed by atoms with Crippen LogP contribution in [-0.4, -0.2) is 24.3 Å². The summed E-state index contributed by atoms with van der Waals surface area (Å²) < 4.78 is 11.8. The van der Waals surface area contributed by atoms with Crippen LogP contribution in [0, 0.1) is 22.7 Å². The Balaban J connectivity index is 1.47. The molecule has 4 rings (SSSR count). The van der Waals surface area contributed by atoms with E-state index >= 15 is 0 Å². The van der Waals surface area contributed by atoms with Crippen LogP contribution in [0.25, 0.3) is 0 Å². The number of hydrogen-bond acceptors (Lipinski definition) is 3. The van der Waals surface area contributed by atoms with Gasteiger partial charge in [0.2, 0.25) is 0 Å². The summed E-state index contributed by atoms with van der Waals surface area (Å²) in [7, 11) is 0. The molecule has 0 radical (unpaired) electrons. The van der Waals surface area contributed by atoms with Crippen molar-refractivity contribution in [2.24, 2.45) is 22.7 Å². The summed E-state index contributed by atoms with van der Waals surface area (Å²) >= 11 is 0. The van der Waals surface area contributed by atoms with E-state index in [0.717, 1.165) is 31.6 Å². The number of esters is 1. The highest BCUT2D eigenvalue weighted by atomic mass is 16.6. The first kappa shape index (κ1) is 13.1. The molecule has 3 nitrogen and oxygen atoms in total. The molecule has 0 aromatic rings. The maximum absolute atomic E-state index is 12.5. The lowest BCUT2D eigenvalue weighted by Gasteiger charge is -2.39. The highest BCUT2D eigenvalue weighted by Crippen LogP contribution is 2.66. The zero-order valence-electron chi connectivity index (χ0n) is 12.9. The molecule has 3 heteroatoms. The second-order valence-electron chi connectivity index (χ2n) is 8.25. The third kappa shape index (κ3) is 1.53. The van der Waals surface area contributed by atoms with E-state index in [-0.39, 0.29) is 29.5 Å². The van der Waals surface area contributed by atoms with Crippen molar-refractivity contribution < 1.29 is 14.3 Å². The van der Waals surface area contributed by atoms with Gasteiger partial charge in [-0.3, -0.25) is 4.79 Å². The van der Waals surface area contributed by atoms with Gasteiger partial charge in [-0.15, -0.1) is 0 Å². The number of carbonyl (C=O) groups is 1. The summed E-state index contributed by atoms with van der Waals surface area (Å²) in [6.07, 6.45) is 7.23. The number of ether oxygens (including phenoxy) is 2. The summed E-state index contributed by atoms with van der Waals surface area (Å²) in [5.41, 5.74) is 0.481. The topological polar surface area (TPSA) is 35.5 Å². The van der Waals surface area contributed by atoms with E-state index in [9.17, 15) is 4.79 Å². The molecule has 0 aromatic heterocycles. The average molecular weight is 278 g/mol. The van der Waals surface area contributed by atoms with Gasteiger partial charge >= 0.3 is 5.97 Å². The monoisotopic (exact) mass is 278 g/mol. The van der Waals surface area contributed by atoms with Gasteiger partial charge in [0.25, 0.3) is 0 Å². The largest absolute Gasteiger partial charge is 0.461 e. The van der Waals surface area contributed by atoms with Gasteiger partial charge < -0.3 is 9.47 Å². The second-order valence-corrected chi connectivity index (χ2v) is 8.25.